The number of nitrogens with one attached hydrogen (secondary N) is 2. The Morgan fingerprint density at radius 2 is 1.88 bits per heavy atom. The molecule has 4 rings (SSSR count). The van der Waals surface area contributed by atoms with Gasteiger partial charge in [-0.15, -0.1) is 11.8 Å². The maximum Gasteiger partial charge on any atom is 0.255 e. The molecule has 0 spiro atoms. The first-order chi connectivity index (χ1) is 16.3. The number of rotatable bonds is 7. The summed E-state index contributed by atoms with van der Waals surface area (Å²) in [6.07, 6.45) is 0.489. The number of nitrogens with zero attached hydrogens (tertiary/aromatic N) is 2. The normalized spacial score (nSPS) is 17.3. The Balaban J connectivity index is 1.29. The molecule has 1 saturated heterocycles. The Kier molecular flexibility index (Phi) is 6.97. The molecule has 2 aromatic carbocycles. The predicted octanol–water partition coefficient (Wildman–Crippen LogP) is 1.78. The Morgan fingerprint density at radius 1 is 1.12 bits per heavy atom. The smallest absolute Gasteiger partial charge is 0.255 e. The van der Waals surface area contributed by atoms with Crippen molar-refractivity contribution in [2.24, 2.45) is 0 Å². The van der Waals surface area contributed by atoms with Crippen LogP contribution in [-0.2, 0) is 25.7 Å². The third-order valence-corrected chi connectivity index (χ3v) is 6.71. The van der Waals surface area contributed by atoms with E-state index >= 15 is 0 Å². The fraction of sp³-hybridized carbons (Fsp3) is 0.292. The fourth-order valence-corrected chi connectivity index (χ4v) is 4.68. The molecule has 10 heteroatoms. The summed E-state index contributed by atoms with van der Waals surface area (Å²) in [5, 5.41) is 5.03. The first-order valence-corrected chi connectivity index (χ1v) is 12.0. The summed E-state index contributed by atoms with van der Waals surface area (Å²) in [5.74, 6) is -1.25. The highest BCUT2D eigenvalue weighted by molar-refractivity contribution is 8.00. The number of piperidine rings is 1. The van der Waals surface area contributed by atoms with Crippen LogP contribution in [0.5, 0.6) is 0 Å². The molecule has 0 radical (unpaired) electrons. The molecule has 34 heavy (non-hydrogen) atoms. The predicted molar refractivity (Wildman–Crippen MR) is 128 cm³/mol. The molecule has 2 aliphatic heterocycles. The SMILES string of the molecule is CN(C(=O)CSCC(=O)Nc1ccc2c(c1)C(=O)N(C1CCC(=O)NC1=O)C2)c1ccccc1. The number of anilines is 2. The summed E-state index contributed by atoms with van der Waals surface area (Å²) in [5.41, 5.74) is 2.44. The van der Waals surface area contributed by atoms with Crippen molar-refractivity contribution in [2.75, 3.05) is 28.8 Å². The molecule has 1 fully saturated rings. The van der Waals surface area contributed by atoms with Crippen molar-refractivity contribution >= 4 is 52.7 Å². The van der Waals surface area contributed by atoms with Gasteiger partial charge in [-0.1, -0.05) is 24.3 Å². The lowest BCUT2D eigenvalue weighted by Crippen LogP contribution is -2.52. The van der Waals surface area contributed by atoms with Crippen molar-refractivity contribution in [3.63, 3.8) is 0 Å². The van der Waals surface area contributed by atoms with Gasteiger partial charge in [0, 0.05) is 37.0 Å². The van der Waals surface area contributed by atoms with Crippen LogP contribution in [0.25, 0.3) is 0 Å². The number of imide groups is 1. The van der Waals surface area contributed by atoms with Crippen molar-refractivity contribution in [1.29, 1.82) is 0 Å². The Morgan fingerprint density at radius 3 is 2.62 bits per heavy atom. The monoisotopic (exact) mass is 480 g/mol. The molecule has 2 N–H and O–H groups in total. The zero-order valence-electron chi connectivity index (χ0n) is 18.6. The van der Waals surface area contributed by atoms with Gasteiger partial charge in [0.1, 0.15) is 6.04 Å². The largest absolute Gasteiger partial charge is 0.325 e. The van der Waals surface area contributed by atoms with Crippen LogP contribution in [-0.4, -0.2) is 59.0 Å². The Labute approximate surface area is 200 Å². The lowest BCUT2D eigenvalue weighted by molar-refractivity contribution is -0.137. The van der Waals surface area contributed by atoms with Gasteiger partial charge in [0.2, 0.25) is 23.6 Å². The van der Waals surface area contributed by atoms with Crippen LogP contribution in [0.1, 0.15) is 28.8 Å². The zero-order valence-corrected chi connectivity index (χ0v) is 19.4. The highest BCUT2D eigenvalue weighted by Crippen LogP contribution is 2.29. The topological polar surface area (TPSA) is 116 Å². The number of hydrogen-bond donors (Lipinski definition) is 2. The third kappa shape index (κ3) is 5.12. The molecule has 1 unspecified atom stereocenters. The maximum absolute atomic E-state index is 12.9. The molecule has 9 nitrogen and oxygen atoms in total. The van der Waals surface area contributed by atoms with Gasteiger partial charge < -0.3 is 15.1 Å². The number of carbonyl (C=O) groups is 5. The Hall–Kier alpha value is -3.66. The van der Waals surface area contributed by atoms with E-state index in [9.17, 15) is 24.0 Å². The van der Waals surface area contributed by atoms with Gasteiger partial charge in [-0.3, -0.25) is 29.3 Å². The summed E-state index contributed by atoms with van der Waals surface area (Å²) in [7, 11) is 1.69. The second-order valence-corrected chi connectivity index (χ2v) is 9.09. The molecule has 0 aromatic heterocycles. The standard InChI is InChI=1S/C24H24N4O5S/c1-27(17-5-3-2-4-6-17)22(31)14-34-13-21(30)25-16-8-7-15-12-28(24(33)18(15)11-16)19-9-10-20(29)26-23(19)32/h2-8,11,19H,9-10,12-14H2,1H3,(H,25,30)(H,26,29,32). The summed E-state index contributed by atoms with van der Waals surface area (Å²) >= 11 is 1.21. The number of carbonyl (C=O) groups excluding carboxylic acids is 5. The fourth-order valence-electron chi connectivity index (χ4n) is 3.95. The van der Waals surface area contributed by atoms with Crippen LogP contribution in [0.3, 0.4) is 0 Å². The van der Waals surface area contributed by atoms with Crippen molar-refractivity contribution in [3.05, 3.63) is 59.7 Å². The van der Waals surface area contributed by atoms with Gasteiger partial charge in [0.25, 0.3) is 5.91 Å². The van der Waals surface area contributed by atoms with Crippen LogP contribution in [0.4, 0.5) is 11.4 Å². The van der Waals surface area contributed by atoms with Crippen molar-refractivity contribution in [2.45, 2.75) is 25.4 Å². The number of amides is 5. The maximum atomic E-state index is 12.9. The van der Waals surface area contributed by atoms with Gasteiger partial charge in [-0.2, -0.15) is 0 Å². The molecule has 5 amide bonds. The van der Waals surface area contributed by atoms with Crippen LogP contribution >= 0.6 is 11.8 Å². The van der Waals surface area contributed by atoms with Gasteiger partial charge in [-0.05, 0) is 36.2 Å². The second-order valence-electron chi connectivity index (χ2n) is 8.10. The van der Waals surface area contributed by atoms with Crippen LogP contribution in [0.15, 0.2) is 48.5 Å². The van der Waals surface area contributed by atoms with E-state index in [1.54, 1.807) is 30.1 Å². The van der Waals surface area contributed by atoms with E-state index < -0.39 is 11.9 Å². The molecule has 2 aromatic rings. The molecule has 0 saturated carbocycles. The molecule has 2 heterocycles. The molecular weight excluding hydrogens is 456 g/mol. The molecule has 2 aliphatic rings. The average molecular weight is 481 g/mol. The highest BCUT2D eigenvalue weighted by Gasteiger charge is 2.39. The molecule has 0 aliphatic carbocycles. The average Bonchev–Trinajstić information content (AvgIpc) is 3.14. The minimum Gasteiger partial charge on any atom is -0.325 e. The number of fused-ring (bicyclic) bond motifs is 1. The lowest BCUT2D eigenvalue weighted by atomic mass is 10.0. The summed E-state index contributed by atoms with van der Waals surface area (Å²) in [6, 6.07) is 13.6. The lowest BCUT2D eigenvalue weighted by Gasteiger charge is -2.29. The van der Waals surface area contributed by atoms with E-state index in [1.165, 1.54) is 16.7 Å². The van der Waals surface area contributed by atoms with Gasteiger partial charge in [-0.25, -0.2) is 0 Å². The first kappa shape index (κ1) is 23.5. The first-order valence-electron chi connectivity index (χ1n) is 10.8. The zero-order chi connectivity index (χ0) is 24.2. The number of para-hydroxylation sites is 1. The van der Waals surface area contributed by atoms with E-state index in [-0.39, 0.29) is 48.1 Å². The van der Waals surface area contributed by atoms with E-state index in [0.29, 0.717) is 17.7 Å². The minimum atomic E-state index is -0.682. The van der Waals surface area contributed by atoms with Gasteiger partial charge >= 0.3 is 0 Å². The van der Waals surface area contributed by atoms with E-state index in [0.717, 1.165) is 11.3 Å². The Bertz CT molecular complexity index is 1150. The van der Waals surface area contributed by atoms with Crippen LogP contribution < -0.4 is 15.5 Å². The third-order valence-electron chi connectivity index (χ3n) is 5.79. The molecule has 176 valence electrons. The number of hydrogen-bond acceptors (Lipinski definition) is 6. The summed E-state index contributed by atoms with van der Waals surface area (Å²) in [6.45, 7) is 0.279. The van der Waals surface area contributed by atoms with Crippen LogP contribution in [0, 0.1) is 0 Å². The quantitative estimate of drug-likeness (QED) is 0.584. The summed E-state index contributed by atoms with van der Waals surface area (Å²) in [4.78, 5) is 64.1. The van der Waals surface area contributed by atoms with E-state index in [2.05, 4.69) is 10.6 Å². The molecule has 1 atom stereocenters. The number of thioether (sulfide) groups is 1. The highest BCUT2D eigenvalue weighted by atomic mass is 32.2. The van der Waals surface area contributed by atoms with Crippen molar-refractivity contribution in [1.82, 2.24) is 10.2 Å². The molecule has 0 bridgehead atoms. The van der Waals surface area contributed by atoms with E-state index in [4.69, 9.17) is 0 Å². The second kappa shape index (κ2) is 10.1. The van der Waals surface area contributed by atoms with Crippen LogP contribution in [0.2, 0.25) is 0 Å². The molecular formula is C24H24N4O5S. The van der Waals surface area contributed by atoms with E-state index in [1.807, 2.05) is 30.3 Å². The van der Waals surface area contributed by atoms with Crippen molar-refractivity contribution in [3.8, 4) is 0 Å². The number of benzene rings is 2. The van der Waals surface area contributed by atoms with Gasteiger partial charge in [0.15, 0.2) is 0 Å². The van der Waals surface area contributed by atoms with Crippen molar-refractivity contribution < 1.29 is 24.0 Å². The minimum absolute atomic E-state index is 0.0851. The summed E-state index contributed by atoms with van der Waals surface area (Å²) < 4.78 is 0. The van der Waals surface area contributed by atoms with Gasteiger partial charge in [0.05, 0.1) is 11.5 Å².